The van der Waals surface area contributed by atoms with Gasteiger partial charge in [0.1, 0.15) is 0 Å². The Morgan fingerprint density at radius 3 is 2.50 bits per heavy atom. The number of sulfone groups is 1. The van der Waals surface area contributed by atoms with Gasteiger partial charge >= 0.3 is 0 Å². The fraction of sp³-hybridized carbons (Fsp3) is 0.294. The first-order chi connectivity index (χ1) is 11.4. The predicted molar refractivity (Wildman–Crippen MR) is 90.9 cm³/mol. The Kier molecular flexibility index (Phi) is 4.53. The van der Waals surface area contributed by atoms with Crippen molar-refractivity contribution in [1.82, 2.24) is 10.9 Å². The van der Waals surface area contributed by atoms with Gasteiger partial charge in [-0.15, -0.1) is 0 Å². The van der Waals surface area contributed by atoms with Crippen molar-refractivity contribution in [2.24, 2.45) is 5.92 Å². The summed E-state index contributed by atoms with van der Waals surface area (Å²) in [6.07, 6.45) is 0.589. The summed E-state index contributed by atoms with van der Waals surface area (Å²) in [5.41, 5.74) is 5.16. The van der Waals surface area contributed by atoms with Crippen LogP contribution >= 0.6 is 0 Å². The van der Waals surface area contributed by atoms with Crippen molar-refractivity contribution in [1.29, 1.82) is 0 Å². The summed E-state index contributed by atoms with van der Waals surface area (Å²) in [7, 11) is -3.00. The second-order valence-electron chi connectivity index (χ2n) is 6.04. The molecule has 0 aromatic heterocycles. The highest BCUT2D eigenvalue weighted by Gasteiger charge is 2.29. The van der Waals surface area contributed by atoms with Crippen LogP contribution in [0.3, 0.4) is 0 Å². The van der Waals surface area contributed by atoms with Crippen LogP contribution < -0.4 is 10.9 Å². The molecule has 0 aliphatic carbocycles. The van der Waals surface area contributed by atoms with Gasteiger partial charge in [-0.05, 0) is 35.2 Å². The Bertz CT molecular complexity index is 892. The first-order valence-electron chi connectivity index (χ1n) is 7.71. The van der Waals surface area contributed by atoms with E-state index < -0.39 is 15.7 Å². The number of carbonyl (C=O) groups excluding carboxylic acids is 2. The molecule has 2 aromatic rings. The Labute approximate surface area is 140 Å². The maximum atomic E-state index is 12.1. The Morgan fingerprint density at radius 2 is 1.79 bits per heavy atom. The van der Waals surface area contributed by atoms with Gasteiger partial charge in [-0.1, -0.05) is 30.3 Å². The highest BCUT2D eigenvalue weighted by molar-refractivity contribution is 7.91. The zero-order valence-corrected chi connectivity index (χ0v) is 13.8. The summed E-state index contributed by atoms with van der Waals surface area (Å²) in [5.74, 6) is -0.792. The van der Waals surface area contributed by atoms with Gasteiger partial charge in [-0.25, -0.2) is 8.42 Å². The van der Waals surface area contributed by atoms with Gasteiger partial charge in [0, 0.05) is 12.0 Å². The van der Waals surface area contributed by atoms with E-state index in [1.807, 2.05) is 30.3 Å². The fourth-order valence-corrected chi connectivity index (χ4v) is 4.74. The molecule has 1 aliphatic heterocycles. The van der Waals surface area contributed by atoms with Crippen LogP contribution in [-0.2, 0) is 14.6 Å². The van der Waals surface area contributed by atoms with E-state index >= 15 is 0 Å². The number of amides is 2. The lowest BCUT2D eigenvalue weighted by Crippen LogP contribution is -2.42. The monoisotopic (exact) mass is 346 g/mol. The fourth-order valence-electron chi connectivity index (χ4n) is 2.88. The minimum absolute atomic E-state index is 0.0407. The van der Waals surface area contributed by atoms with Crippen molar-refractivity contribution >= 4 is 32.4 Å². The lowest BCUT2D eigenvalue weighted by molar-refractivity contribution is -0.122. The van der Waals surface area contributed by atoms with Crippen molar-refractivity contribution in [3.05, 3.63) is 48.0 Å². The molecule has 2 N–H and O–H groups in total. The minimum Gasteiger partial charge on any atom is -0.273 e. The zero-order chi connectivity index (χ0) is 17.2. The van der Waals surface area contributed by atoms with Gasteiger partial charge in [-0.3, -0.25) is 20.4 Å². The maximum Gasteiger partial charge on any atom is 0.269 e. The Morgan fingerprint density at radius 1 is 1.04 bits per heavy atom. The summed E-state index contributed by atoms with van der Waals surface area (Å²) in [6.45, 7) is 0. The van der Waals surface area contributed by atoms with Crippen molar-refractivity contribution in [3.8, 4) is 0 Å². The van der Waals surface area contributed by atoms with Gasteiger partial charge in [0.05, 0.1) is 11.5 Å². The van der Waals surface area contributed by atoms with E-state index in [1.165, 1.54) is 0 Å². The molecule has 1 atom stereocenters. The molecule has 1 saturated heterocycles. The average molecular weight is 346 g/mol. The van der Waals surface area contributed by atoms with Crippen LogP contribution in [0.25, 0.3) is 10.8 Å². The number of hydrazine groups is 1. The predicted octanol–water partition coefficient (Wildman–Crippen LogP) is 1.43. The van der Waals surface area contributed by atoms with Crippen molar-refractivity contribution < 1.29 is 18.0 Å². The third-order valence-corrected chi connectivity index (χ3v) is 5.96. The molecule has 2 amide bonds. The third-order valence-electron chi connectivity index (χ3n) is 4.13. The molecule has 0 bridgehead atoms. The summed E-state index contributed by atoms with van der Waals surface area (Å²) in [5, 5.41) is 1.97. The van der Waals surface area contributed by atoms with Crippen LogP contribution in [-0.4, -0.2) is 31.7 Å². The van der Waals surface area contributed by atoms with Crippen molar-refractivity contribution in [3.63, 3.8) is 0 Å². The summed E-state index contributed by atoms with van der Waals surface area (Å²) < 4.78 is 22.8. The molecular formula is C17H18N2O4S. The smallest absolute Gasteiger partial charge is 0.269 e. The lowest BCUT2D eigenvalue weighted by Gasteiger charge is -2.10. The SMILES string of the molecule is O=C(C[C@@H]1CCS(=O)(=O)C1)NNC(=O)c1ccc2ccccc2c1. The molecule has 1 fully saturated rings. The number of hydrogen-bond acceptors (Lipinski definition) is 4. The number of fused-ring (bicyclic) bond motifs is 1. The minimum atomic E-state index is -3.00. The number of rotatable bonds is 3. The molecule has 0 spiro atoms. The standard InChI is InChI=1S/C17H18N2O4S/c20-16(9-12-7-8-24(22,23)11-12)18-19-17(21)15-6-5-13-3-1-2-4-14(13)10-15/h1-6,10,12H,7-9,11H2,(H,18,20)(H,19,21)/t12-/m0/s1. The zero-order valence-electron chi connectivity index (χ0n) is 13.0. The molecule has 24 heavy (non-hydrogen) atoms. The van der Waals surface area contributed by atoms with Crippen LogP contribution in [0.2, 0.25) is 0 Å². The van der Waals surface area contributed by atoms with E-state index in [0.717, 1.165) is 10.8 Å². The van der Waals surface area contributed by atoms with Gasteiger partial charge in [0.15, 0.2) is 9.84 Å². The highest BCUT2D eigenvalue weighted by atomic mass is 32.2. The molecule has 0 radical (unpaired) electrons. The van der Waals surface area contributed by atoms with Gasteiger partial charge in [0.25, 0.3) is 5.91 Å². The molecule has 7 heteroatoms. The van der Waals surface area contributed by atoms with Crippen LogP contribution in [0.1, 0.15) is 23.2 Å². The second kappa shape index (κ2) is 6.60. The van der Waals surface area contributed by atoms with E-state index in [9.17, 15) is 18.0 Å². The normalized spacial score (nSPS) is 19.1. The van der Waals surface area contributed by atoms with Gasteiger partial charge in [-0.2, -0.15) is 0 Å². The molecule has 3 rings (SSSR count). The number of benzene rings is 2. The molecule has 0 unspecified atom stereocenters. The molecule has 0 saturated carbocycles. The Hall–Kier alpha value is -2.41. The number of nitrogens with one attached hydrogen (secondary N) is 2. The van der Waals surface area contributed by atoms with E-state index in [0.29, 0.717) is 12.0 Å². The maximum absolute atomic E-state index is 12.1. The molecular weight excluding hydrogens is 328 g/mol. The number of carbonyl (C=O) groups is 2. The average Bonchev–Trinajstić information content (AvgIpc) is 2.90. The van der Waals surface area contributed by atoms with E-state index in [2.05, 4.69) is 10.9 Å². The van der Waals surface area contributed by atoms with Crippen molar-refractivity contribution in [2.75, 3.05) is 11.5 Å². The second-order valence-corrected chi connectivity index (χ2v) is 8.27. The van der Waals surface area contributed by atoms with E-state index in [1.54, 1.807) is 12.1 Å². The largest absolute Gasteiger partial charge is 0.273 e. The highest BCUT2D eigenvalue weighted by Crippen LogP contribution is 2.21. The summed E-state index contributed by atoms with van der Waals surface area (Å²) in [6, 6.07) is 13.0. The van der Waals surface area contributed by atoms with Crippen LogP contribution in [0.4, 0.5) is 0 Å². The summed E-state index contributed by atoms with van der Waals surface area (Å²) in [4.78, 5) is 23.9. The molecule has 6 nitrogen and oxygen atoms in total. The topological polar surface area (TPSA) is 92.3 Å². The number of hydrogen-bond donors (Lipinski definition) is 2. The third kappa shape index (κ3) is 3.91. The van der Waals surface area contributed by atoms with Gasteiger partial charge < -0.3 is 0 Å². The first kappa shape index (κ1) is 16.4. The van der Waals surface area contributed by atoms with Crippen LogP contribution in [0, 0.1) is 5.92 Å². The summed E-state index contributed by atoms with van der Waals surface area (Å²) >= 11 is 0. The van der Waals surface area contributed by atoms with E-state index in [-0.39, 0.29) is 29.8 Å². The molecule has 1 aliphatic rings. The van der Waals surface area contributed by atoms with Crippen LogP contribution in [0.5, 0.6) is 0 Å². The van der Waals surface area contributed by atoms with E-state index in [4.69, 9.17) is 0 Å². The van der Waals surface area contributed by atoms with Gasteiger partial charge in [0.2, 0.25) is 5.91 Å². The lowest BCUT2D eigenvalue weighted by atomic mass is 10.1. The first-order valence-corrected chi connectivity index (χ1v) is 9.53. The quantitative estimate of drug-likeness (QED) is 0.822. The molecule has 1 heterocycles. The van der Waals surface area contributed by atoms with Crippen LogP contribution in [0.15, 0.2) is 42.5 Å². The Balaban J connectivity index is 1.55. The molecule has 126 valence electrons. The van der Waals surface area contributed by atoms with Crippen molar-refractivity contribution in [2.45, 2.75) is 12.8 Å². The molecule has 2 aromatic carbocycles.